The Labute approximate surface area is 125 Å². The summed E-state index contributed by atoms with van der Waals surface area (Å²) < 4.78 is 0. The third kappa shape index (κ3) is 5.85. The maximum absolute atomic E-state index is 12.0. The smallest absolute Gasteiger partial charge is 0.326 e. The lowest BCUT2D eigenvalue weighted by Gasteiger charge is -2.20. The van der Waals surface area contributed by atoms with Gasteiger partial charge in [0, 0.05) is 0 Å². The minimum atomic E-state index is -0.994. The van der Waals surface area contributed by atoms with E-state index in [0.717, 1.165) is 24.8 Å². The first-order valence-corrected chi connectivity index (χ1v) is 7.43. The number of urea groups is 1. The minimum Gasteiger partial charge on any atom is -0.480 e. The summed E-state index contributed by atoms with van der Waals surface area (Å²) in [5.74, 6) is -0.994. The lowest BCUT2D eigenvalue weighted by molar-refractivity contribution is -0.139. The highest BCUT2D eigenvalue weighted by molar-refractivity contribution is 5.82. The van der Waals surface area contributed by atoms with E-state index in [9.17, 15) is 9.59 Å². The molecule has 3 N–H and O–H groups in total. The zero-order chi connectivity index (χ0) is 15.7. The average Bonchev–Trinajstić information content (AvgIpc) is 2.49. The zero-order valence-corrected chi connectivity index (χ0v) is 12.6. The first kappa shape index (κ1) is 17.0. The Balaban J connectivity index is 2.59. The van der Waals surface area contributed by atoms with E-state index in [-0.39, 0.29) is 6.04 Å². The van der Waals surface area contributed by atoms with E-state index >= 15 is 0 Å². The van der Waals surface area contributed by atoms with Crippen LogP contribution in [0.5, 0.6) is 0 Å². The highest BCUT2D eigenvalue weighted by Crippen LogP contribution is 2.15. The number of benzene rings is 1. The largest absolute Gasteiger partial charge is 0.480 e. The molecule has 0 saturated heterocycles. The predicted molar refractivity (Wildman–Crippen MR) is 82.1 cm³/mol. The summed E-state index contributed by atoms with van der Waals surface area (Å²) >= 11 is 0. The van der Waals surface area contributed by atoms with Crippen molar-refractivity contribution in [2.24, 2.45) is 0 Å². The Kier molecular flexibility index (Phi) is 7.29. The van der Waals surface area contributed by atoms with Crippen molar-refractivity contribution in [2.75, 3.05) is 0 Å². The molecule has 1 aromatic rings. The number of amides is 2. The quantitative estimate of drug-likeness (QED) is 0.689. The highest BCUT2D eigenvalue weighted by Gasteiger charge is 2.20. The number of rotatable bonds is 8. The number of aliphatic carboxylic acids is 1. The molecule has 0 aliphatic carbocycles. The van der Waals surface area contributed by atoms with Gasteiger partial charge >= 0.3 is 12.0 Å². The van der Waals surface area contributed by atoms with E-state index in [0.29, 0.717) is 6.42 Å². The van der Waals surface area contributed by atoms with Crippen LogP contribution in [-0.2, 0) is 4.79 Å². The lowest BCUT2D eigenvalue weighted by Crippen LogP contribution is -2.46. The minimum absolute atomic E-state index is 0.119. The SMILES string of the molecule is CCCCC(NC(=O)NC(CC)c1ccccc1)C(=O)O. The molecule has 0 spiro atoms. The van der Waals surface area contributed by atoms with Crippen LogP contribution in [0.4, 0.5) is 4.79 Å². The van der Waals surface area contributed by atoms with Gasteiger partial charge in [0.15, 0.2) is 0 Å². The molecular weight excluding hydrogens is 268 g/mol. The van der Waals surface area contributed by atoms with Crippen molar-refractivity contribution in [3.8, 4) is 0 Å². The molecule has 2 atom stereocenters. The number of carbonyl (C=O) groups excluding carboxylic acids is 1. The highest BCUT2D eigenvalue weighted by atomic mass is 16.4. The normalized spacial score (nSPS) is 13.2. The third-order valence-corrected chi connectivity index (χ3v) is 3.37. The molecule has 1 rings (SSSR count). The molecular formula is C16H24N2O3. The summed E-state index contributed by atoms with van der Waals surface area (Å²) in [6.07, 6.45) is 2.85. The number of nitrogens with one attached hydrogen (secondary N) is 2. The fraction of sp³-hybridized carbons (Fsp3) is 0.500. The molecule has 0 heterocycles. The Morgan fingerprint density at radius 3 is 2.33 bits per heavy atom. The van der Waals surface area contributed by atoms with Gasteiger partial charge in [-0.25, -0.2) is 9.59 Å². The predicted octanol–water partition coefficient (Wildman–Crippen LogP) is 3.08. The Morgan fingerprint density at radius 2 is 1.81 bits per heavy atom. The van der Waals surface area contributed by atoms with Crippen LogP contribution in [0.1, 0.15) is 51.1 Å². The second-order valence-electron chi connectivity index (χ2n) is 5.02. The number of unbranched alkanes of at least 4 members (excludes halogenated alkanes) is 1. The van der Waals surface area contributed by atoms with E-state index in [4.69, 9.17) is 5.11 Å². The first-order chi connectivity index (χ1) is 10.1. The maximum atomic E-state index is 12.0. The van der Waals surface area contributed by atoms with Gasteiger partial charge in [-0.15, -0.1) is 0 Å². The van der Waals surface area contributed by atoms with Gasteiger partial charge in [0.05, 0.1) is 6.04 Å². The monoisotopic (exact) mass is 292 g/mol. The van der Waals surface area contributed by atoms with Gasteiger partial charge in [-0.1, -0.05) is 57.0 Å². The number of carbonyl (C=O) groups is 2. The summed E-state index contributed by atoms with van der Waals surface area (Å²) in [6.45, 7) is 3.96. The molecule has 0 aliphatic heterocycles. The van der Waals surface area contributed by atoms with Crippen molar-refractivity contribution in [1.82, 2.24) is 10.6 Å². The van der Waals surface area contributed by atoms with Crippen LogP contribution in [0.2, 0.25) is 0 Å². The summed E-state index contributed by atoms with van der Waals surface area (Å²) in [7, 11) is 0. The van der Waals surface area contributed by atoms with Gasteiger partial charge in [-0.2, -0.15) is 0 Å². The molecule has 0 saturated carbocycles. The fourth-order valence-corrected chi connectivity index (χ4v) is 2.13. The van der Waals surface area contributed by atoms with E-state index in [1.54, 1.807) is 0 Å². The van der Waals surface area contributed by atoms with Gasteiger partial charge in [0.25, 0.3) is 0 Å². The number of hydrogen-bond donors (Lipinski definition) is 3. The maximum Gasteiger partial charge on any atom is 0.326 e. The van der Waals surface area contributed by atoms with Crippen molar-refractivity contribution >= 4 is 12.0 Å². The van der Waals surface area contributed by atoms with Crippen molar-refractivity contribution in [2.45, 2.75) is 51.6 Å². The molecule has 2 unspecified atom stereocenters. The molecule has 0 fully saturated rings. The van der Waals surface area contributed by atoms with Gasteiger partial charge in [-0.05, 0) is 18.4 Å². The van der Waals surface area contributed by atoms with Crippen molar-refractivity contribution in [3.05, 3.63) is 35.9 Å². The van der Waals surface area contributed by atoms with Crippen molar-refractivity contribution < 1.29 is 14.7 Å². The van der Waals surface area contributed by atoms with Gasteiger partial charge < -0.3 is 15.7 Å². The van der Waals surface area contributed by atoms with Gasteiger partial charge in [0.2, 0.25) is 0 Å². The van der Waals surface area contributed by atoms with Crippen LogP contribution in [0.3, 0.4) is 0 Å². The van der Waals surface area contributed by atoms with Crippen LogP contribution in [0.25, 0.3) is 0 Å². The van der Waals surface area contributed by atoms with Crippen LogP contribution in [0, 0.1) is 0 Å². The van der Waals surface area contributed by atoms with E-state index in [1.165, 1.54) is 0 Å². The summed E-state index contributed by atoms with van der Waals surface area (Å²) in [6, 6.07) is 8.25. The molecule has 116 valence electrons. The van der Waals surface area contributed by atoms with Crippen LogP contribution in [0.15, 0.2) is 30.3 Å². The molecule has 0 aromatic heterocycles. The van der Waals surface area contributed by atoms with Gasteiger partial charge in [0.1, 0.15) is 6.04 Å². The summed E-state index contributed by atoms with van der Waals surface area (Å²) in [5.41, 5.74) is 1.01. The topological polar surface area (TPSA) is 78.4 Å². The average molecular weight is 292 g/mol. The molecule has 5 nitrogen and oxygen atoms in total. The first-order valence-electron chi connectivity index (χ1n) is 7.43. The van der Waals surface area contributed by atoms with Crippen molar-refractivity contribution in [3.63, 3.8) is 0 Å². The van der Waals surface area contributed by atoms with E-state index < -0.39 is 18.0 Å². The molecule has 0 bridgehead atoms. The zero-order valence-electron chi connectivity index (χ0n) is 12.6. The van der Waals surface area contributed by atoms with Gasteiger partial charge in [-0.3, -0.25) is 0 Å². The molecule has 21 heavy (non-hydrogen) atoms. The molecule has 1 aromatic carbocycles. The number of carboxylic acid groups (broad SMARTS) is 1. The second kappa shape index (κ2) is 9.00. The van der Waals surface area contributed by atoms with E-state index in [2.05, 4.69) is 10.6 Å². The third-order valence-electron chi connectivity index (χ3n) is 3.37. The Morgan fingerprint density at radius 1 is 1.14 bits per heavy atom. The molecule has 0 radical (unpaired) electrons. The van der Waals surface area contributed by atoms with Crippen molar-refractivity contribution in [1.29, 1.82) is 0 Å². The van der Waals surface area contributed by atoms with Crippen LogP contribution >= 0.6 is 0 Å². The Bertz CT molecular complexity index is 448. The second-order valence-corrected chi connectivity index (χ2v) is 5.02. The number of carboxylic acids is 1. The van der Waals surface area contributed by atoms with Crippen LogP contribution in [-0.4, -0.2) is 23.1 Å². The molecule has 5 heteroatoms. The van der Waals surface area contributed by atoms with E-state index in [1.807, 2.05) is 44.2 Å². The summed E-state index contributed by atoms with van der Waals surface area (Å²) in [4.78, 5) is 23.1. The lowest BCUT2D eigenvalue weighted by atomic mass is 10.1. The number of hydrogen-bond acceptors (Lipinski definition) is 2. The molecule has 0 aliphatic rings. The fourth-order valence-electron chi connectivity index (χ4n) is 2.13. The molecule has 2 amide bonds. The Hall–Kier alpha value is -2.04. The van der Waals surface area contributed by atoms with Crippen LogP contribution < -0.4 is 10.6 Å². The standard InChI is InChI=1S/C16H24N2O3/c1-3-5-11-14(15(19)20)18-16(21)17-13(4-2)12-9-7-6-8-10-12/h6-10,13-14H,3-5,11H2,1-2H3,(H,19,20)(H2,17,18,21). The summed E-state index contributed by atoms with van der Waals surface area (Å²) in [5, 5.41) is 14.5.